The zero-order valence-electron chi connectivity index (χ0n) is 18.5. The minimum Gasteiger partial charge on any atom is -0.382 e. The maximum Gasteiger partial charge on any atom is 0.0767 e. The first-order valence-corrected chi connectivity index (χ1v) is 11.9. The van der Waals surface area contributed by atoms with E-state index in [1.807, 2.05) is 0 Å². The van der Waals surface area contributed by atoms with Crippen molar-refractivity contribution >= 4 is 16.6 Å². The summed E-state index contributed by atoms with van der Waals surface area (Å²) >= 11 is 0. The lowest BCUT2D eigenvalue weighted by atomic mass is 9.86. The molecule has 1 aromatic heterocycles. The highest BCUT2D eigenvalue weighted by Crippen LogP contribution is 2.42. The molecule has 3 aromatic rings. The Balaban J connectivity index is 1.55. The molecule has 3 nitrogen and oxygen atoms in total. The van der Waals surface area contributed by atoms with Crippen molar-refractivity contribution in [1.82, 2.24) is 9.88 Å². The van der Waals surface area contributed by atoms with Crippen LogP contribution in [-0.4, -0.2) is 28.5 Å². The fraction of sp³-hybridized carbons (Fsp3) is 0.429. The van der Waals surface area contributed by atoms with Gasteiger partial charge in [0.1, 0.15) is 0 Å². The molecule has 0 radical (unpaired) electrons. The maximum absolute atomic E-state index is 5.87. The summed E-state index contributed by atoms with van der Waals surface area (Å²) < 4.78 is 0. The van der Waals surface area contributed by atoms with Crippen LogP contribution in [0.3, 0.4) is 0 Å². The van der Waals surface area contributed by atoms with Gasteiger partial charge in [0.15, 0.2) is 0 Å². The number of anilines is 1. The van der Waals surface area contributed by atoms with E-state index in [1.54, 1.807) is 0 Å². The van der Waals surface area contributed by atoms with E-state index in [0.29, 0.717) is 18.6 Å². The average molecular weight is 412 g/mol. The standard InChI is InChI=1S/C28H33N3/c1-3-5-11-23-19-25-24-12-6-7-13-26(24)30-27(25)28(31(23)18-4-2)20-14-16-22(17-15-20)29-21-9-8-10-21/h2,6-7,12-17,21,23,28-30H,3,5,8-11,18-19H2,1H3/t23-,28-/m0/s1. The lowest BCUT2D eigenvalue weighted by Crippen LogP contribution is -2.44. The lowest BCUT2D eigenvalue weighted by Gasteiger charge is -2.41. The minimum absolute atomic E-state index is 0.173. The van der Waals surface area contributed by atoms with Crippen molar-refractivity contribution in [3.8, 4) is 12.3 Å². The first-order valence-electron chi connectivity index (χ1n) is 11.9. The molecule has 160 valence electrons. The van der Waals surface area contributed by atoms with Gasteiger partial charge in [-0.05, 0) is 61.4 Å². The van der Waals surface area contributed by atoms with Gasteiger partial charge in [0.25, 0.3) is 0 Å². The van der Waals surface area contributed by atoms with E-state index < -0.39 is 0 Å². The van der Waals surface area contributed by atoms with E-state index in [4.69, 9.17) is 6.42 Å². The molecule has 1 aliphatic carbocycles. The van der Waals surface area contributed by atoms with Gasteiger partial charge in [0.2, 0.25) is 0 Å². The predicted molar refractivity (Wildman–Crippen MR) is 130 cm³/mol. The zero-order valence-corrected chi connectivity index (χ0v) is 18.5. The number of terminal acetylenes is 1. The predicted octanol–water partition coefficient (Wildman–Crippen LogP) is 6.27. The molecule has 0 unspecified atom stereocenters. The molecule has 1 fully saturated rings. The third-order valence-electron chi connectivity index (χ3n) is 7.23. The van der Waals surface area contributed by atoms with Gasteiger partial charge in [0, 0.05) is 34.4 Å². The molecular formula is C28H33N3. The van der Waals surface area contributed by atoms with Crippen LogP contribution in [0.4, 0.5) is 5.69 Å². The number of nitrogens with zero attached hydrogens (tertiary/aromatic N) is 1. The van der Waals surface area contributed by atoms with Crippen LogP contribution in [0, 0.1) is 12.3 Å². The number of fused-ring (bicyclic) bond motifs is 3. The van der Waals surface area contributed by atoms with Gasteiger partial charge in [-0.3, -0.25) is 4.90 Å². The van der Waals surface area contributed by atoms with Crippen molar-refractivity contribution in [2.75, 3.05) is 11.9 Å². The number of nitrogens with one attached hydrogen (secondary N) is 2. The summed E-state index contributed by atoms with van der Waals surface area (Å²) in [5.74, 6) is 2.96. The highest BCUT2D eigenvalue weighted by atomic mass is 15.2. The molecule has 2 N–H and O–H groups in total. The van der Waals surface area contributed by atoms with Crippen LogP contribution in [0.1, 0.15) is 68.3 Å². The van der Waals surface area contributed by atoms with E-state index in [2.05, 4.69) is 76.6 Å². The van der Waals surface area contributed by atoms with Crippen molar-refractivity contribution < 1.29 is 0 Å². The van der Waals surface area contributed by atoms with Gasteiger partial charge in [0.05, 0.1) is 12.6 Å². The monoisotopic (exact) mass is 411 g/mol. The molecule has 2 heterocycles. The third kappa shape index (κ3) is 3.86. The number of para-hydroxylation sites is 1. The first kappa shape index (κ1) is 20.2. The molecule has 3 heteroatoms. The molecule has 0 bridgehead atoms. The van der Waals surface area contributed by atoms with E-state index in [9.17, 15) is 0 Å². The molecule has 31 heavy (non-hydrogen) atoms. The minimum atomic E-state index is 0.173. The molecule has 2 atom stereocenters. The topological polar surface area (TPSA) is 31.1 Å². The van der Waals surface area contributed by atoms with Gasteiger partial charge >= 0.3 is 0 Å². The van der Waals surface area contributed by atoms with Gasteiger partial charge in [-0.2, -0.15) is 0 Å². The molecule has 0 saturated heterocycles. The Morgan fingerprint density at radius 3 is 2.65 bits per heavy atom. The van der Waals surface area contributed by atoms with E-state index in [-0.39, 0.29) is 6.04 Å². The number of hydrogen-bond donors (Lipinski definition) is 2. The van der Waals surface area contributed by atoms with Crippen molar-refractivity contribution in [3.05, 3.63) is 65.4 Å². The van der Waals surface area contributed by atoms with E-state index >= 15 is 0 Å². The summed E-state index contributed by atoms with van der Waals surface area (Å²) in [6.07, 6.45) is 14.5. The Morgan fingerprint density at radius 2 is 1.94 bits per heavy atom. The number of benzene rings is 2. The summed E-state index contributed by atoms with van der Waals surface area (Å²) in [6.45, 7) is 2.95. The summed E-state index contributed by atoms with van der Waals surface area (Å²) in [7, 11) is 0. The Morgan fingerprint density at radius 1 is 1.13 bits per heavy atom. The fourth-order valence-electron chi connectivity index (χ4n) is 5.35. The smallest absolute Gasteiger partial charge is 0.0767 e. The largest absolute Gasteiger partial charge is 0.382 e. The number of H-pyrrole nitrogens is 1. The van der Waals surface area contributed by atoms with Gasteiger partial charge in [-0.25, -0.2) is 0 Å². The number of hydrogen-bond acceptors (Lipinski definition) is 2. The highest BCUT2D eigenvalue weighted by molar-refractivity contribution is 5.85. The summed E-state index contributed by atoms with van der Waals surface area (Å²) in [5.41, 5.74) is 6.59. The van der Waals surface area contributed by atoms with Crippen LogP contribution in [-0.2, 0) is 6.42 Å². The molecule has 0 amide bonds. The van der Waals surface area contributed by atoms with Gasteiger partial charge in [-0.15, -0.1) is 6.42 Å². The van der Waals surface area contributed by atoms with Crippen LogP contribution >= 0.6 is 0 Å². The second-order valence-corrected chi connectivity index (χ2v) is 9.24. The molecule has 1 aliphatic heterocycles. The van der Waals surface area contributed by atoms with E-state index in [0.717, 1.165) is 6.42 Å². The van der Waals surface area contributed by atoms with E-state index in [1.165, 1.54) is 71.9 Å². The van der Waals surface area contributed by atoms with Gasteiger partial charge < -0.3 is 10.3 Å². The number of unbranched alkanes of at least 4 members (excludes halogenated alkanes) is 1. The molecule has 0 spiro atoms. The second-order valence-electron chi connectivity index (χ2n) is 9.24. The van der Waals surface area contributed by atoms with Crippen LogP contribution < -0.4 is 5.32 Å². The fourth-order valence-corrected chi connectivity index (χ4v) is 5.35. The average Bonchev–Trinajstić information content (AvgIpc) is 3.13. The summed E-state index contributed by atoms with van der Waals surface area (Å²) in [6, 6.07) is 19.1. The molecule has 2 aliphatic rings. The van der Waals surface area contributed by atoms with Gasteiger partial charge in [-0.1, -0.05) is 56.0 Å². The maximum atomic E-state index is 5.87. The molecule has 1 saturated carbocycles. The number of aromatic amines is 1. The van der Waals surface area contributed by atoms with Crippen molar-refractivity contribution in [2.45, 2.75) is 70.0 Å². The number of aromatic nitrogens is 1. The Hall–Kier alpha value is -2.70. The third-order valence-corrected chi connectivity index (χ3v) is 7.23. The van der Waals surface area contributed by atoms with Crippen molar-refractivity contribution in [2.24, 2.45) is 0 Å². The quantitative estimate of drug-likeness (QED) is 0.449. The Kier molecular flexibility index (Phi) is 5.74. The number of rotatable bonds is 7. The zero-order chi connectivity index (χ0) is 21.2. The normalized spacial score (nSPS) is 21.4. The SMILES string of the molecule is C#CCN1[C@@H](CCCC)Cc2c([nH]c3ccccc23)[C@@H]1c1ccc(NC2CCC2)cc1. The van der Waals surface area contributed by atoms with Crippen molar-refractivity contribution in [1.29, 1.82) is 0 Å². The molecule has 2 aromatic carbocycles. The van der Waals surface area contributed by atoms with Crippen LogP contribution in [0.25, 0.3) is 10.9 Å². The van der Waals surface area contributed by atoms with Crippen LogP contribution in [0.5, 0.6) is 0 Å². The van der Waals surface area contributed by atoms with Crippen molar-refractivity contribution in [3.63, 3.8) is 0 Å². The first-order chi connectivity index (χ1) is 15.3. The van der Waals surface area contributed by atoms with Crippen LogP contribution in [0.15, 0.2) is 48.5 Å². The second kappa shape index (κ2) is 8.81. The van der Waals surface area contributed by atoms with Crippen LogP contribution in [0.2, 0.25) is 0 Å². The molecular weight excluding hydrogens is 378 g/mol. The lowest BCUT2D eigenvalue weighted by molar-refractivity contribution is 0.148. The Labute approximate surface area is 186 Å². The summed E-state index contributed by atoms with van der Waals surface area (Å²) in [5, 5.41) is 5.04. The Bertz CT molecular complexity index is 1070. The molecule has 5 rings (SSSR count). The summed E-state index contributed by atoms with van der Waals surface area (Å²) in [4.78, 5) is 6.33. The highest BCUT2D eigenvalue weighted by Gasteiger charge is 2.36.